The van der Waals surface area contributed by atoms with Crippen molar-refractivity contribution < 1.29 is 22.8 Å². The molecule has 164 valence electrons. The molecule has 0 aromatic heterocycles. The number of rotatable bonds is 5. The number of carbonyl (C=O) groups excluding carboxylic acids is 2. The summed E-state index contributed by atoms with van der Waals surface area (Å²) in [7, 11) is 0. The van der Waals surface area contributed by atoms with E-state index in [9.17, 15) is 22.8 Å². The largest absolute Gasteiger partial charge is 0.351 e. The first-order valence-corrected chi connectivity index (χ1v) is 10.2. The van der Waals surface area contributed by atoms with Crippen LogP contribution < -0.4 is 15.5 Å². The van der Waals surface area contributed by atoms with Crippen molar-refractivity contribution in [2.75, 3.05) is 37.7 Å². The number of carbonyl (C=O) groups is 2. The minimum atomic E-state index is -0.901. The molecule has 2 aliphatic heterocycles. The van der Waals surface area contributed by atoms with Gasteiger partial charge in [-0.2, -0.15) is 0 Å². The average Bonchev–Trinajstić information content (AvgIpc) is 3.05. The van der Waals surface area contributed by atoms with Gasteiger partial charge in [0.15, 0.2) is 0 Å². The normalized spacial score (nSPS) is 18.3. The summed E-state index contributed by atoms with van der Waals surface area (Å²) in [6.45, 7) is 2.23. The summed E-state index contributed by atoms with van der Waals surface area (Å²) in [6, 6.07) is 9.49. The summed E-state index contributed by atoms with van der Waals surface area (Å²) in [5.74, 6) is -3.02. The Morgan fingerprint density at radius 2 is 1.74 bits per heavy atom. The van der Waals surface area contributed by atoms with Crippen molar-refractivity contribution in [3.8, 4) is 0 Å². The molecule has 0 aliphatic carbocycles. The summed E-state index contributed by atoms with van der Waals surface area (Å²) in [6.07, 6.45) is 1.09. The number of anilines is 1. The fraction of sp³-hybridized carbons (Fsp3) is 0.364. The van der Waals surface area contributed by atoms with Gasteiger partial charge in [0.2, 0.25) is 5.91 Å². The van der Waals surface area contributed by atoms with Crippen LogP contribution >= 0.6 is 0 Å². The van der Waals surface area contributed by atoms with Crippen LogP contribution in [-0.2, 0) is 4.79 Å². The lowest BCUT2D eigenvalue weighted by atomic mass is 9.85. The molecular formula is C22H23F3N4O2. The molecule has 4 rings (SSSR count). The standard InChI is InChI=1S/C22H23F3N4O2/c23-15-3-1-4-16(13-15)29-14-27-21(31)22(29)7-10-28(11-8-22)12-9-26-20(30)19-17(24)5-2-6-18(19)25/h1-6,13H,7-12,14H2,(H,26,30)(H,27,31). The summed E-state index contributed by atoms with van der Waals surface area (Å²) < 4.78 is 41.1. The second-order valence-electron chi connectivity index (χ2n) is 7.80. The maximum absolute atomic E-state index is 13.7. The number of benzene rings is 2. The Bertz CT molecular complexity index is 972. The van der Waals surface area contributed by atoms with Crippen LogP contribution in [0.1, 0.15) is 23.2 Å². The number of nitrogens with zero attached hydrogens (tertiary/aromatic N) is 2. The first kappa shape index (κ1) is 21.2. The number of piperidine rings is 1. The first-order chi connectivity index (χ1) is 14.9. The van der Waals surface area contributed by atoms with Crippen LogP contribution in [-0.4, -0.2) is 55.1 Å². The highest BCUT2D eigenvalue weighted by Crippen LogP contribution is 2.36. The molecule has 2 fully saturated rings. The van der Waals surface area contributed by atoms with Crippen molar-refractivity contribution in [1.82, 2.24) is 15.5 Å². The summed E-state index contributed by atoms with van der Waals surface area (Å²) in [5.41, 5.74) is -0.663. The minimum Gasteiger partial charge on any atom is -0.351 e. The van der Waals surface area contributed by atoms with E-state index in [2.05, 4.69) is 15.5 Å². The van der Waals surface area contributed by atoms with E-state index in [4.69, 9.17) is 0 Å². The van der Waals surface area contributed by atoms with Gasteiger partial charge in [-0.15, -0.1) is 0 Å². The Balaban J connectivity index is 1.34. The topological polar surface area (TPSA) is 64.7 Å². The highest BCUT2D eigenvalue weighted by Gasteiger charge is 2.50. The number of likely N-dealkylation sites (tertiary alicyclic amines) is 1. The van der Waals surface area contributed by atoms with Crippen molar-refractivity contribution >= 4 is 17.5 Å². The molecule has 9 heteroatoms. The van der Waals surface area contributed by atoms with Crippen LogP contribution in [0.2, 0.25) is 0 Å². The molecule has 2 amide bonds. The fourth-order valence-corrected chi connectivity index (χ4v) is 4.35. The van der Waals surface area contributed by atoms with Gasteiger partial charge < -0.3 is 20.4 Å². The molecule has 0 atom stereocenters. The van der Waals surface area contributed by atoms with E-state index in [1.165, 1.54) is 18.2 Å². The summed E-state index contributed by atoms with van der Waals surface area (Å²) >= 11 is 0. The molecule has 2 heterocycles. The smallest absolute Gasteiger partial charge is 0.257 e. The molecule has 0 bridgehead atoms. The third-order valence-corrected chi connectivity index (χ3v) is 6.04. The SMILES string of the molecule is O=C(NCCN1CCC2(CC1)C(=O)NCN2c1cccc(F)c1)c1c(F)cccc1F. The summed E-state index contributed by atoms with van der Waals surface area (Å²) in [4.78, 5) is 28.8. The third kappa shape index (κ3) is 4.10. The van der Waals surface area contributed by atoms with E-state index in [1.54, 1.807) is 12.1 Å². The number of amides is 2. The van der Waals surface area contributed by atoms with E-state index in [1.807, 2.05) is 4.90 Å². The van der Waals surface area contributed by atoms with Crippen LogP contribution in [0.5, 0.6) is 0 Å². The fourth-order valence-electron chi connectivity index (χ4n) is 4.35. The Hall–Kier alpha value is -3.07. The Morgan fingerprint density at radius 3 is 2.42 bits per heavy atom. The number of hydrogen-bond donors (Lipinski definition) is 2. The molecule has 0 radical (unpaired) electrons. The van der Waals surface area contributed by atoms with Gasteiger partial charge in [-0.3, -0.25) is 9.59 Å². The maximum Gasteiger partial charge on any atom is 0.257 e. The predicted octanol–water partition coefficient (Wildman–Crippen LogP) is 2.26. The number of nitrogens with one attached hydrogen (secondary N) is 2. The lowest BCUT2D eigenvalue weighted by Gasteiger charge is -2.43. The lowest BCUT2D eigenvalue weighted by molar-refractivity contribution is -0.125. The van der Waals surface area contributed by atoms with Gasteiger partial charge in [-0.25, -0.2) is 13.2 Å². The second-order valence-corrected chi connectivity index (χ2v) is 7.80. The average molecular weight is 432 g/mol. The van der Waals surface area contributed by atoms with E-state index in [0.717, 1.165) is 12.1 Å². The van der Waals surface area contributed by atoms with E-state index >= 15 is 0 Å². The molecule has 0 unspecified atom stereocenters. The number of halogens is 3. The quantitative estimate of drug-likeness (QED) is 0.761. The van der Waals surface area contributed by atoms with Crippen molar-refractivity contribution in [2.45, 2.75) is 18.4 Å². The first-order valence-electron chi connectivity index (χ1n) is 10.2. The molecule has 2 aliphatic rings. The third-order valence-electron chi connectivity index (χ3n) is 6.04. The number of hydrogen-bond acceptors (Lipinski definition) is 4. The second kappa shape index (κ2) is 8.58. The van der Waals surface area contributed by atoms with Crippen LogP contribution in [0.15, 0.2) is 42.5 Å². The van der Waals surface area contributed by atoms with E-state index in [0.29, 0.717) is 44.8 Å². The monoisotopic (exact) mass is 432 g/mol. The van der Waals surface area contributed by atoms with Crippen LogP contribution in [0.25, 0.3) is 0 Å². The van der Waals surface area contributed by atoms with Crippen LogP contribution in [0.3, 0.4) is 0 Å². The molecule has 0 saturated carbocycles. The maximum atomic E-state index is 13.7. The molecule has 2 aromatic rings. The van der Waals surface area contributed by atoms with Crippen LogP contribution in [0.4, 0.5) is 18.9 Å². The van der Waals surface area contributed by atoms with Crippen LogP contribution in [0, 0.1) is 17.5 Å². The van der Waals surface area contributed by atoms with E-state index in [-0.39, 0.29) is 18.3 Å². The zero-order valence-electron chi connectivity index (χ0n) is 16.8. The highest BCUT2D eigenvalue weighted by atomic mass is 19.1. The molecule has 6 nitrogen and oxygen atoms in total. The molecular weight excluding hydrogens is 409 g/mol. The summed E-state index contributed by atoms with van der Waals surface area (Å²) in [5, 5.41) is 5.41. The van der Waals surface area contributed by atoms with Crippen molar-refractivity contribution in [1.29, 1.82) is 0 Å². The van der Waals surface area contributed by atoms with Crippen molar-refractivity contribution in [3.05, 3.63) is 65.5 Å². The van der Waals surface area contributed by atoms with Gasteiger partial charge in [-0.1, -0.05) is 12.1 Å². The zero-order valence-corrected chi connectivity index (χ0v) is 16.8. The lowest BCUT2D eigenvalue weighted by Crippen LogP contribution is -2.57. The Labute approximate surface area is 178 Å². The zero-order chi connectivity index (χ0) is 22.0. The van der Waals surface area contributed by atoms with E-state index < -0.39 is 28.6 Å². The molecule has 2 N–H and O–H groups in total. The van der Waals surface area contributed by atoms with Crippen molar-refractivity contribution in [3.63, 3.8) is 0 Å². The predicted molar refractivity (Wildman–Crippen MR) is 109 cm³/mol. The van der Waals surface area contributed by atoms with Gasteiger partial charge in [0.05, 0.1) is 6.67 Å². The Morgan fingerprint density at radius 1 is 1.06 bits per heavy atom. The highest BCUT2D eigenvalue weighted by molar-refractivity contribution is 5.95. The molecule has 1 spiro atoms. The molecule has 31 heavy (non-hydrogen) atoms. The molecule has 2 saturated heterocycles. The van der Waals surface area contributed by atoms with Gasteiger partial charge in [-0.05, 0) is 43.2 Å². The minimum absolute atomic E-state index is 0.0697. The van der Waals surface area contributed by atoms with Gasteiger partial charge in [0.25, 0.3) is 5.91 Å². The van der Waals surface area contributed by atoms with Gasteiger partial charge in [0.1, 0.15) is 28.6 Å². The van der Waals surface area contributed by atoms with Gasteiger partial charge in [0, 0.05) is 31.9 Å². The Kier molecular flexibility index (Phi) is 5.86. The van der Waals surface area contributed by atoms with Gasteiger partial charge >= 0.3 is 0 Å². The molecule has 2 aromatic carbocycles. The van der Waals surface area contributed by atoms with Crippen molar-refractivity contribution in [2.24, 2.45) is 0 Å².